The number of hydrogen-bond acceptors (Lipinski definition) is 3. The zero-order chi connectivity index (χ0) is 43.7. The minimum atomic E-state index is 0.254. The average molecular weight is 838 g/mol. The summed E-state index contributed by atoms with van der Waals surface area (Å²) in [5.41, 5.74) is 24.8. The molecule has 1 aliphatic heterocycles. The van der Waals surface area contributed by atoms with E-state index in [1.807, 2.05) is 6.07 Å². The molecule has 1 heterocycles. The normalized spacial score (nSPS) is 23.0. The Kier molecular flexibility index (Phi) is 13.8. The van der Waals surface area contributed by atoms with Crippen LogP contribution in [0.25, 0.3) is 11.1 Å². The summed E-state index contributed by atoms with van der Waals surface area (Å²) < 4.78 is 0. The van der Waals surface area contributed by atoms with Crippen molar-refractivity contribution in [1.29, 1.82) is 0 Å². The quantitative estimate of drug-likeness (QED) is 0.121. The highest BCUT2D eigenvalue weighted by Gasteiger charge is 2.31. The van der Waals surface area contributed by atoms with Crippen molar-refractivity contribution in [2.75, 3.05) is 18.1 Å². The summed E-state index contributed by atoms with van der Waals surface area (Å²) >= 11 is 0. The van der Waals surface area contributed by atoms with Crippen molar-refractivity contribution in [3.63, 3.8) is 0 Å². The van der Waals surface area contributed by atoms with Crippen LogP contribution in [0.2, 0.25) is 0 Å². The third-order valence-corrected chi connectivity index (χ3v) is 14.1. The summed E-state index contributed by atoms with van der Waals surface area (Å²) in [5.74, 6) is 1.52. The van der Waals surface area contributed by atoms with Gasteiger partial charge in [-0.15, -0.1) is 0 Å². The Balaban J connectivity index is 1.00. The van der Waals surface area contributed by atoms with Crippen molar-refractivity contribution in [3.8, 4) is 0 Å². The second-order valence-electron chi connectivity index (χ2n) is 18.0. The second kappa shape index (κ2) is 20.5. The molecule has 0 spiro atoms. The average Bonchev–Trinajstić information content (AvgIpc) is 3.46. The molecule has 5 aliphatic rings. The molecule has 322 valence electrons. The molecule has 3 nitrogen and oxygen atoms in total. The van der Waals surface area contributed by atoms with E-state index < -0.39 is 0 Å². The number of hydrogen-bond donors (Lipinski definition) is 1. The summed E-state index contributed by atoms with van der Waals surface area (Å²) in [4.78, 5) is 7.24. The molecule has 4 aromatic carbocycles. The van der Waals surface area contributed by atoms with Crippen molar-refractivity contribution >= 4 is 28.2 Å². The van der Waals surface area contributed by atoms with Gasteiger partial charge >= 0.3 is 0 Å². The van der Waals surface area contributed by atoms with Gasteiger partial charge in [-0.2, -0.15) is 0 Å². The number of fused-ring (bicyclic) bond motifs is 1. The van der Waals surface area contributed by atoms with E-state index in [-0.39, 0.29) is 12.6 Å². The van der Waals surface area contributed by atoms with E-state index in [9.17, 15) is 0 Å². The zero-order valence-electron chi connectivity index (χ0n) is 37.8. The molecule has 4 atom stereocenters. The first-order valence-corrected chi connectivity index (χ1v) is 23.8. The van der Waals surface area contributed by atoms with Crippen molar-refractivity contribution < 1.29 is 0 Å². The SMILES string of the molecule is CC1=C(C2=C([C@@H](C)C3C=CC(c4ccc(/C(=C\C(=N/CN)c5ccccc5)C5C=CC=CC5)cc4)CC3)C(c3cccc(N4C/C=C\C=C/Cc5ccccc54)c3)=CCC2)CCC=C1. The molecule has 64 heavy (non-hydrogen) atoms. The minimum absolute atomic E-state index is 0.254. The third kappa shape index (κ3) is 9.61. The first kappa shape index (κ1) is 43.0. The molecule has 0 bridgehead atoms. The maximum absolute atomic E-state index is 6.01. The van der Waals surface area contributed by atoms with E-state index in [1.54, 1.807) is 16.7 Å². The van der Waals surface area contributed by atoms with Crippen LogP contribution in [0.15, 0.2) is 215 Å². The maximum Gasteiger partial charge on any atom is 0.0866 e. The van der Waals surface area contributed by atoms with Crippen LogP contribution in [0.1, 0.15) is 92.5 Å². The highest BCUT2D eigenvalue weighted by atomic mass is 15.1. The van der Waals surface area contributed by atoms with E-state index in [1.165, 1.54) is 50.3 Å². The summed E-state index contributed by atoms with van der Waals surface area (Å²) in [6.45, 7) is 5.93. The van der Waals surface area contributed by atoms with Crippen LogP contribution in [0, 0.1) is 17.8 Å². The fraction of sp³-hybridized carbons (Fsp3) is 0.262. The lowest BCUT2D eigenvalue weighted by molar-refractivity contribution is 0.419. The molecule has 0 radical (unpaired) electrons. The van der Waals surface area contributed by atoms with Gasteiger partial charge in [-0.05, 0) is 156 Å². The van der Waals surface area contributed by atoms with Gasteiger partial charge in [0.05, 0.1) is 12.4 Å². The largest absolute Gasteiger partial charge is 0.337 e. The molecule has 2 N–H and O–H groups in total. The number of allylic oxidation sites excluding steroid dienone is 19. The molecular formula is C61H63N3. The number of nitrogens with zero attached hydrogens (tertiary/aromatic N) is 2. The van der Waals surface area contributed by atoms with Crippen LogP contribution in [0.3, 0.4) is 0 Å². The van der Waals surface area contributed by atoms with Crippen molar-refractivity contribution in [1.82, 2.24) is 0 Å². The molecular weight excluding hydrogens is 775 g/mol. The Labute approximate surface area is 382 Å². The molecule has 9 rings (SSSR count). The number of anilines is 2. The van der Waals surface area contributed by atoms with Gasteiger partial charge in [0.1, 0.15) is 0 Å². The standard InChI is InChI=1S/C61H63N3/c1-44-19-12-14-28-55(44)57-30-18-29-56(53-26-17-27-54(41-53)64-40-16-4-3-7-24-52-25-13-15-31-60(52)64)61(57)45(2)46-32-34-47(35-33-46)48-36-38-50(39-37-48)58(49-20-8-5-9-21-49)42-59(63-43-62)51-22-10-6-11-23-51/h3-13,15-17,19-20,22-23,25-27,29,31-32,34,36-39,41-42,45-47,49H,14,18,21,24,28,30,33,35,40,43,62H2,1-2H3/b7-3-,16-4-,58-42-,63-59+/t45-,46?,47?,49?/m0/s1. The highest BCUT2D eigenvalue weighted by molar-refractivity contribution is 6.12. The predicted octanol–water partition coefficient (Wildman–Crippen LogP) is 14.9. The highest BCUT2D eigenvalue weighted by Crippen LogP contribution is 2.47. The third-order valence-electron chi connectivity index (χ3n) is 14.1. The molecule has 0 fully saturated rings. The molecule has 3 heteroatoms. The fourth-order valence-electron chi connectivity index (χ4n) is 10.7. The van der Waals surface area contributed by atoms with Crippen molar-refractivity contribution in [2.24, 2.45) is 28.5 Å². The summed E-state index contributed by atoms with van der Waals surface area (Å²) in [7, 11) is 0. The molecule has 4 aliphatic carbocycles. The molecule has 0 aromatic heterocycles. The molecule has 4 aromatic rings. The van der Waals surface area contributed by atoms with Gasteiger partial charge in [0, 0.05) is 29.8 Å². The first-order chi connectivity index (χ1) is 31.6. The first-order valence-electron chi connectivity index (χ1n) is 23.8. The van der Waals surface area contributed by atoms with Gasteiger partial charge in [-0.25, -0.2) is 0 Å². The lowest BCUT2D eigenvalue weighted by Gasteiger charge is -2.35. The molecule has 3 unspecified atom stereocenters. The number of aliphatic imine (C=N–C) groups is 1. The number of rotatable bonds is 11. The van der Waals surface area contributed by atoms with Gasteiger partial charge in [0.25, 0.3) is 0 Å². The number of para-hydroxylation sites is 1. The van der Waals surface area contributed by atoms with E-state index in [0.717, 1.165) is 69.2 Å². The van der Waals surface area contributed by atoms with Crippen LogP contribution >= 0.6 is 0 Å². The maximum atomic E-state index is 6.01. The van der Waals surface area contributed by atoms with Crippen LogP contribution in [-0.4, -0.2) is 18.9 Å². The van der Waals surface area contributed by atoms with E-state index in [0.29, 0.717) is 17.8 Å². The van der Waals surface area contributed by atoms with Crippen LogP contribution < -0.4 is 10.6 Å². The number of nitrogens with two attached hydrogens (primary N) is 1. The molecule has 0 saturated carbocycles. The fourth-order valence-corrected chi connectivity index (χ4v) is 10.7. The minimum Gasteiger partial charge on any atom is -0.337 e. The predicted molar refractivity (Wildman–Crippen MR) is 274 cm³/mol. The molecule has 0 amide bonds. The lowest BCUT2D eigenvalue weighted by Crippen LogP contribution is -2.21. The number of benzene rings is 4. The Morgan fingerprint density at radius 2 is 1.58 bits per heavy atom. The van der Waals surface area contributed by atoms with Gasteiger partial charge < -0.3 is 10.6 Å². The Morgan fingerprint density at radius 1 is 0.766 bits per heavy atom. The van der Waals surface area contributed by atoms with Crippen LogP contribution in [-0.2, 0) is 6.42 Å². The van der Waals surface area contributed by atoms with Gasteiger partial charge in [-0.3, -0.25) is 4.99 Å². The van der Waals surface area contributed by atoms with Gasteiger partial charge in [0.15, 0.2) is 0 Å². The van der Waals surface area contributed by atoms with Gasteiger partial charge in [0.2, 0.25) is 0 Å². The Morgan fingerprint density at radius 3 is 2.38 bits per heavy atom. The van der Waals surface area contributed by atoms with Crippen LogP contribution in [0.4, 0.5) is 11.4 Å². The summed E-state index contributed by atoms with van der Waals surface area (Å²) in [5, 5.41) is 0. The topological polar surface area (TPSA) is 41.6 Å². The van der Waals surface area contributed by atoms with Crippen molar-refractivity contribution in [3.05, 3.63) is 238 Å². The van der Waals surface area contributed by atoms with E-state index in [4.69, 9.17) is 10.7 Å². The van der Waals surface area contributed by atoms with E-state index in [2.05, 4.69) is 201 Å². The summed E-state index contributed by atoms with van der Waals surface area (Å²) in [6.07, 6.45) is 41.1. The van der Waals surface area contributed by atoms with Crippen LogP contribution in [0.5, 0.6) is 0 Å². The summed E-state index contributed by atoms with van der Waals surface area (Å²) in [6, 6.07) is 38.1. The smallest absolute Gasteiger partial charge is 0.0866 e. The van der Waals surface area contributed by atoms with E-state index >= 15 is 0 Å². The van der Waals surface area contributed by atoms with Gasteiger partial charge in [-0.1, -0.05) is 171 Å². The Hall–Kier alpha value is -6.29. The zero-order valence-corrected chi connectivity index (χ0v) is 37.8. The monoisotopic (exact) mass is 838 g/mol. The lowest BCUT2D eigenvalue weighted by atomic mass is 9.70. The molecule has 0 saturated heterocycles. The Bertz CT molecular complexity index is 2650. The van der Waals surface area contributed by atoms with Crippen molar-refractivity contribution in [2.45, 2.75) is 71.1 Å². The second-order valence-corrected chi connectivity index (χ2v) is 18.0.